The molecule has 0 radical (unpaired) electrons. The van der Waals surface area contributed by atoms with E-state index in [0.717, 1.165) is 0 Å². The molecule has 0 spiro atoms. The van der Waals surface area contributed by atoms with Gasteiger partial charge in [-0.3, -0.25) is 25.0 Å². The lowest BCUT2D eigenvalue weighted by Crippen LogP contribution is -2.36. The van der Waals surface area contributed by atoms with E-state index in [2.05, 4.69) is 5.32 Å². The van der Waals surface area contributed by atoms with Crippen molar-refractivity contribution < 1.29 is 18.9 Å². The van der Waals surface area contributed by atoms with E-state index < -0.39 is 16.7 Å². The van der Waals surface area contributed by atoms with Gasteiger partial charge in [0.1, 0.15) is 11.5 Å². The Morgan fingerprint density at radius 1 is 0.852 bits per heavy atom. The summed E-state index contributed by atoms with van der Waals surface area (Å²) in [7, 11) is 0. The van der Waals surface area contributed by atoms with Crippen LogP contribution in [0, 0.1) is 10.1 Å². The van der Waals surface area contributed by atoms with Gasteiger partial charge >= 0.3 is 0 Å². The first-order valence-corrected chi connectivity index (χ1v) is 8.05. The number of hydrogen-bond acceptors (Lipinski definition) is 5. The molecule has 1 aliphatic rings. The molecular weight excluding hydrogens is 348 g/mol. The van der Waals surface area contributed by atoms with Gasteiger partial charge in [-0.05, 0) is 30.3 Å². The summed E-state index contributed by atoms with van der Waals surface area (Å²) in [6, 6.07) is 16.2. The summed E-state index contributed by atoms with van der Waals surface area (Å²) >= 11 is 0. The van der Waals surface area contributed by atoms with Crippen LogP contribution in [-0.2, 0) is 4.79 Å². The van der Waals surface area contributed by atoms with Gasteiger partial charge in [0.2, 0.25) is 0 Å². The highest BCUT2D eigenvalue weighted by Gasteiger charge is 2.27. The van der Waals surface area contributed by atoms with Crippen molar-refractivity contribution in [2.75, 3.05) is 0 Å². The molecule has 1 N–H and O–H groups in total. The number of carbonyl (C=O) groups is 2. The molecule has 1 aliphatic heterocycles. The van der Waals surface area contributed by atoms with Crippen LogP contribution in [0.5, 0.6) is 0 Å². The number of imide groups is 1. The number of amides is 2. The highest BCUT2D eigenvalue weighted by Crippen LogP contribution is 2.32. The van der Waals surface area contributed by atoms with Crippen molar-refractivity contribution in [2.45, 2.75) is 0 Å². The van der Waals surface area contributed by atoms with E-state index in [9.17, 15) is 19.7 Å². The smallest absolute Gasteiger partial charge is 0.280 e. The lowest BCUT2D eigenvalue weighted by atomic mass is 9.94. The molecule has 2 amide bonds. The van der Waals surface area contributed by atoms with Crippen LogP contribution >= 0.6 is 0 Å². The average Bonchev–Trinajstić information content (AvgIpc) is 3.13. The first kappa shape index (κ1) is 16.5. The van der Waals surface area contributed by atoms with Crippen LogP contribution in [0.4, 0.5) is 5.69 Å². The van der Waals surface area contributed by atoms with Gasteiger partial charge in [-0.1, -0.05) is 30.3 Å². The van der Waals surface area contributed by atoms with Crippen LogP contribution in [-0.4, -0.2) is 16.7 Å². The van der Waals surface area contributed by atoms with Crippen molar-refractivity contribution in [3.05, 3.63) is 87.7 Å². The zero-order valence-corrected chi connectivity index (χ0v) is 13.8. The predicted molar refractivity (Wildman–Crippen MR) is 97.6 cm³/mol. The van der Waals surface area contributed by atoms with Crippen molar-refractivity contribution in [1.82, 2.24) is 5.32 Å². The number of nitrogens with zero attached hydrogens (tertiary/aromatic N) is 1. The number of nitrogens with one attached hydrogen (secondary N) is 1. The molecule has 3 aromatic rings. The van der Waals surface area contributed by atoms with Crippen LogP contribution in [0.1, 0.15) is 21.7 Å². The van der Waals surface area contributed by atoms with E-state index >= 15 is 0 Å². The number of para-hydroxylation sites is 1. The maximum Gasteiger partial charge on any atom is 0.280 e. The van der Waals surface area contributed by atoms with Gasteiger partial charge in [-0.15, -0.1) is 0 Å². The fourth-order valence-corrected chi connectivity index (χ4v) is 2.98. The minimum absolute atomic E-state index is 0.0718. The number of benzene rings is 2. The number of furan rings is 1. The largest absolute Gasteiger partial charge is 0.456 e. The third-order valence-electron chi connectivity index (χ3n) is 4.21. The summed E-state index contributed by atoms with van der Waals surface area (Å²) in [5.74, 6) is -0.317. The Hall–Kier alpha value is -4.00. The SMILES string of the molecule is O=C1NC(=O)c2ccccc2/C1=C\c1ccc(-c2ccccc2[N+](=O)[O-])o1. The third kappa shape index (κ3) is 2.91. The second kappa shape index (κ2) is 6.38. The molecule has 7 nitrogen and oxygen atoms in total. The number of hydrogen-bond donors (Lipinski definition) is 1. The van der Waals surface area contributed by atoms with Crippen LogP contribution in [0.3, 0.4) is 0 Å². The molecule has 2 heterocycles. The standard InChI is InChI=1S/C20H12N2O5/c23-19-14-6-2-1-5-13(14)16(20(24)21-19)11-12-9-10-18(27-12)15-7-3-4-8-17(15)22(25)26/h1-11H,(H,21,23,24)/b16-11+. The zero-order valence-electron chi connectivity index (χ0n) is 13.8. The van der Waals surface area contributed by atoms with Gasteiger partial charge in [0.05, 0.1) is 16.1 Å². The van der Waals surface area contributed by atoms with Crippen molar-refractivity contribution >= 4 is 29.2 Å². The summed E-state index contributed by atoms with van der Waals surface area (Å²) in [4.78, 5) is 34.9. The van der Waals surface area contributed by atoms with Crippen molar-refractivity contribution in [1.29, 1.82) is 0 Å². The number of fused-ring (bicyclic) bond motifs is 1. The highest BCUT2D eigenvalue weighted by atomic mass is 16.6. The molecule has 0 fully saturated rings. The maximum atomic E-state index is 12.3. The van der Waals surface area contributed by atoms with Crippen molar-refractivity contribution in [3.63, 3.8) is 0 Å². The van der Waals surface area contributed by atoms with Gasteiger partial charge in [-0.2, -0.15) is 0 Å². The molecule has 0 saturated heterocycles. The molecule has 0 aliphatic carbocycles. The minimum atomic E-state index is -0.526. The van der Waals surface area contributed by atoms with E-state index in [0.29, 0.717) is 28.2 Å². The fourth-order valence-electron chi connectivity index (χ4n) is 2.98. The summed E-state index contributed by atoms with van der Waals surface area (Å²) in [5, 5.41) is 13.5. The highest BCUT2D eigenvalue weighted by molar-refractivity contribution is 6.33. The topological polar surface area (TPSA) is 102 Å². The molecular formula is C20H12N2O5. The van der Waals surface area contributed by atoms with Crippen LogP contribution in [0.15, 0.2) is 65.1 Å². The summed E-state index contributed by atoms with van der Waals surface area (Å²) in [5.41, 5.74) is 1.46. The van der Waals surface area contributed by atoms with E-state index in [1.807, 2.05) is 0 Å². The number of rotatable bonds is 3. The molecule has 2 aromatic carbocycles. The van der Waals surface area contributed by atoms with Gasteiger partial charge in [-0.25, -0.2) is 0 Å². The third-order valence-corrected chi connectivity index (χ3v) is 4.21. The number of nitro groups is 1. The second-order valence-electron chi connectivity index (χ2n) is 5.86. The van der Waals surface area contributed by atoms with Gasteiger partial charge in [0.25, 0.3) is 17.5 Å². The van der Waals surface area contributed by atoms with Gasteiger partial charge in [0, 0.05) is 17.2 Å². The van der Waals surface area contributed by atoms with E-state index in [4.69, 9.17) is 4.42 Å². The monoisotopic (exact) mass is 360 g/mol. The lowest BCUT2D eigenvalue weighted by Gasteiger charge is -2.17. The van der Waals surface area contributed by atoms with Crippen molar-refractivity contribution in [2.24, 2.45) is 0 Å². The molecule has 0 atom stereocenters. The zero-order chi connectivity index (χ0) is 19.0. The van der Waals surface area contributed by atoms with Gasteiger partial charge in [0.15, 0.2) is 0 Å². The lowest BCUT2D eigenvalue weighted by molar-refractivity contribution is -0.384. The molecule has 0 saturated carbocycles. The molecule has 0 unspecified atom stereocenters. The quantitative estimate of drug-likeness (QED) is 0.332. The molecule has 4 rings (SSSR count). The average molecular weight is 360 g/mol. The Bertz CT molecular complexity index is 1130. The van der Waals surface area contributed by atoms with Crippen LogP contribution in [0.2, 0.25) is 0 Å². The first-order chi connectivity index (χ1) is 13.0. The van der Waals surface area contributed by atoms with Crippen LogP contribution < -0.4 is 5.32 Å². The molecule has 1 aromatic heterocycles. The summed E-state index contributed by atoms with van der Waals surface area (Å²) in [6.07, 6.45) is 1.51. The molecule has 7 heteroatoms. The normalized spacial score (nSPS) is 14.7. The number of carbonyl (C=O) groups excluding carboxylic acids is 2. The maximum absolute atomic E-state index is 12.3. The fraction of sp³-hybridized carbons (Fsp3) is 0. The van der Waals surface area contributed by atoms with E-state index in [-0.39, 0.29) is 11.3 Å². The van der Waals surface area contributed by atoms with E-state index in [1.54, 1.807) is 54.6 Å². The van der Waals surface area contributed by atoms with Gasteiger partial charge < -0.3 is 4.42 Å². The Labute approximate surface area is 153 Å². The summed E-state index contributed by atoms with van der Waals surface area (Å²) in [6.45, 7) is 0. The molecule has 0 bridgehead atoms. The molecule has 27 heavy (non-hydrogen) atoms. The Morgan fingerprint density at radius 2 is 1.52 bits per heavy atom. The first-order valence-electron chi connectivity index (χ1n) is 8.05. The predicted octanol–water partition coefficient (Wildman–Crippen LogP) is 3.67. The van der Waals surface area contributed by atoms with Crippen molar-refractivity contribution in [3.8, 4) is 11.3 Å². The Kier molecular flexibility index (Phi) is 3.89. The minimum Gasteiger partial charge on any atom is -0.456 e. The second-order valence-corrected chi connectivity index (χ2v) is 5.86. The Balaban J connectivity index is 1.77. The summed E-state index contributed by atoms with van der Waals surface area (Å²) < 4.78 is 5.71. The van der Waals surface area contributed by atoms with E-state index in [1.165, 1.54) is 12.1 Å². The molecule has 132 valence electrons. The van der Waals surface area contributed by atoms with Crippen LogP contribution in [0.25, 0.3) is 23.0 Å². The Morgan fingerprint density at radius 3 is 2.26 bits per heavy atom. The number of nitro benzene ring substituents is 1.